The highest BCUT2D eigenvalue weighted by Gasteiger charge is 2.43. The number of aliphatic hydroxyl groups excluding tert-OH is 6. The molecule has 7 N–H and O–H groups in total. The van der Waals surface area contributed by atoms with Crippen LogP contribution >= 0.6 is 12.4 Å². The summed E-state index contributed by atoms with van der Waals surface area (Å²) in [6, 6.07) is -1.17. The summed E-state index contributed by atoms with van der Waals surface area (Å²) in [5.41, 5.74) is 0. The molecule has 1 aliphatic heterocycles. The summed E-state index contributed by atoms with van der Waals surface area (Å²) in [6.45, 7) is -0.133. The van der Waals surface area contributed by atoms with Crippen LogP contribution in [0.1, 0.15) is 64.2 Å². The first-order valence-electron chi connectivity index (χ1n) is 9.71. The van der Waals surface area contributed by atoms with Gasteiger partial charge < -0.3 is 36.0 Å². The molecular formula is C18H38ClNO6. The SMILES string of the molecule is Cl.OCCC[C@H](O)CCCCCCCC[C@@H](O)[C@H]1N[C@H](CO)[C@@H](O)[C@@H]1O. The number of rotatable bonds is 14. The van der Waals surface area contributed by atoms with Gasteiger partial charge in [-0.3, -0.25) is 0 Å². The van der Waals surface area contributed by atoms with Crippen LogP contribution in [-0.4, -0.2) is 80.4 Å². The van der Waals surface area contributed by atoms with Crippen molar-refractivity contribution in [3.05, 3.63) is 0 Å². The van der Waals surface area contributed by atoms with Crippen LogP contribution in [0, 0.1) is 0 Å². The molecule has 158 valence electrons. The summed E-state index contributed by atoms with van der Waals surface area (Å²) >= 11 is 0. The van der Waals surface area contributed by atoms with Gasteiger partial charge in [-0.05, 0) is 25.7 Å². The lowest BCUT2D eigenvalue weighted by Gasteiger charge is -2.22. The molecule has 1 rings (SSSR count). The molecule has 1 saturated heterocycles. The molecule has 0 amide bonds. The van der Waals surface area contributed by atoms with E-state index in [1.165, 1.54) is 0 Å². The Morgan fingerprint density at radius 3 is 1.81 bits per heavy atom. The number of aliphatic hydroxyl groups is 6. The van der Waals surface area contributed by atoms with Gasteiger partial charge in [-0.15, -0.1) is 12.4 Å². The van der Waals surface area contributed by atoms with E-state index in [-0.39, 0.29) is 31.7 Å². The normalized spacial score (nSPS) is 27.9. The van der Waals surface area contributed by atoms with Crippen molar-refractivity contribution < 1.29 is 30.6 Å². The Bertz CT molecular complexity index is 339. The molecule has 0 saturated carbocycles. The van der Waals surface area contributed by atoms with Gasteiger partial charge in [0, 0.05) is 6.61 Å². The summed E-state index contributed by atoms with van der Waals surface area (Å²) < 4.78 is 0. The Hall–Kier alpha value is 0.01000. The van der Waals surface area contributed by atoms with Gasteiger partial charge in [-0.2, -0.15) is 0 Å². The van der Waals surface area contributed by atoms with Crippen molar-refractivity contribution in [2.24, 2.45) is 0 Å². The van der Waals surface area contributed by atoms with E-state index in [1.54, 1.807) is 0 Å². The van der Waals surface area contributed by atoms with Crippen molar-refractivity contribution in [1.82, 2.24) is 5.32 Å². The summed E-state index contributed by atoms with van der Waals surface area (Å²) in [5, 5.41) is 60.2. The summed E-state index contributed by atoms with van der Waals surface area (Å²) in [7, 11) is 0. The Kier molecular flexibility index (Phi) is 15.0. The van der Waals surface area contributed by atoms with E-state index in [9.17, 15) is 20.4 Å². The van der Waals surface area contributed by atoms with Crippen molar-refractivity contribution in [2.75, 3.05) is 13.2 Å². The highest BCUT2D eigenvalue weighted by molar-refractivity contribution is 5.85. The van der Waals surface area contributed by atoms with Gasteiger partial charge in [0.1, 0.15) is 0 Å². The first kappa shape index (κ1) is 26.0. The molecule has 0 aromatic carbocycles. The van der Waals surface area contributed by atoms with Crippen LogP contribution in [0.15, 0.2) is 0 Å². The Morgan fingerprint density at radius 1 is 0.731 bits per heavy atom. The van der Waals surface area contributed by atoms with Crippen LogP contribution in [0.2, 0.25) is 0 Å². The maximum Gasteiger partial charge on any atom is 0.0993 e. The fourth-order valence-electron chi connectivity index (χ4n) is 3.49. The number of halogens is 1. The van der Waals surface area contributed by atoms with Gasteiger partial charge in [0.2, 0.25) is 0 Å². The van der Waals surface area contributed by atoms with E-state index < -0.39 is 30.4 Å². The first-order valence-corrected chi connectivity index (χ1v) is 9.71. The number of hydrogen-bond acceptors (Lipinski definition) is 7. The van der Waals surface area contributed by atoms with Gasteiger partial charge in [-0.1, -0.05) is 38.5 Å². The van der Waals surface area contributed by atoms with Gasteiger partial charge in [-0.25, -0.2) is 0 Å². The van der Waals surface area contributed by atoms with Crippen LogP contribution in [0.25, 0.3) is 0 Å². The van der Waals surface area contributed by atoms with E-state index in [4.69, 9.17) is 10.2 Å². The highest BCUT2D eigenvalue weighted by Crippen LogP contribution is 2.20. The monoisotopic (exact) mass is 399 g/mol. The quantitative estimate of drug-likeness (QED) is 0.206. The second-order valence-electron chi connectivity index (χ2n) is 7.25. The van der Waals surface area contributed by atoms with Gasteiger partial charge in [0.25, 0.3) is 0 Å². The number of nitrogens with one attached hydrogen (secondary N) is 1. The fraction of sp³-hybridized carbons (Fsp3) is 1.00. The highest BCUT2D eigenvalue weighted by atomic mass is 35.5. The molecule has 7 nitrogen and oxygen atoms in total. The number of unbranched alkanes of at least 4 members (excludes halogenated alkanes) is 5. The topological polar surface area (TPSA) is 133 Å². The zero-order valence-electron chi connectivity index (χ0n) is 15.5. The molecule has 0 aliphatic carbocycles. The maximum absolute atomic E-state index is 10.2. The van der Waals surface area contributed by atoms with Crippen molar-refractivity contribution in [2.45, 2.75) is 101 Å². The standard InChI is InChI=1S/C18H37NO6.ClH/c20-11-7-9-13(22)8-5-3-1-2-4-6-10-15(23)16-18(25)17(24)14(12-21)19-16;/h13-25H,1-12H2;1H/t13-,14-,15-,16-,17-,18-;/m1./s1. The van der Waals surface area contributed by atoms with E-state index in [0.29, 0.717) is 19.3 Å². The summed E-state index contributed by atoms with van der Waals surface area (Å²) in [4.78, 5) is 0. The molecule has 26 heavy (non-hydrogen) atoms. The van der Waals surface area contributed by atoms with E-state index in [0.717, 1.165) is 44.9 Å². The van der Waals surface area contributed by atoms with Gasteiger partial charge in [0.15, 0.2) is 0 Å². The van der Waals surface area contributed by atoms with Gasteiger partial charge in [0.05, 0.1) is 43.1 Å². The molecule has 1 fully saturated rings. The minimum atomic E-state index is -1.05. The minimum Gasteiger partial charge on any atom is -0.396 e. The maximum atomic E-state index is 10.2. The summed E-state index contributed by atoms with van der Waals surface area (Å²) in [5.74, 6) is 0. The molecule has 8 heteroatoms. The van der Waals surface area contributed by atoms with Crippen molar-refractivity contribution in [3.63, 3.8) is 0 Å². The van der Waals surface area contributed by atoms with E-state index in [1.807, 2.05) is 0 Å². The molecule has 6 atom stereocenters. The van der Waals surface area contributed by atoms with E-state index in [2.05, 4.69) is 5.32 Å². The van der Waals surface area contributed by atoms with E-state index >= 15 is 0 Å². The molecule has 0 aromatic rings. The predicted octanol–water partition coefficient (Wildman–Crippen LogP) is 0.0778. The first-order chi connectivity index (χ1) is 12.0. The average molecular weight is 400 g/mol. The molecular weight excluding hydrogens is 362 g/mol. The smallest absolute Gasteiger partial charge is 0.0993 e. The Balaban J connectivity index is 0.00000625. The van der Waals surface area contributed by atoms with Crippen LogP contribution in [0.5, 0.6) is 0 Å². The molecule has 1 aliphatic rings. The predicted molar refractivity (Wildman–Crippen MR) is 102 cm³/mol. The lowest BCUT2D eigenvalue weighted by molar-refractivity contribution is -0.00443. The second kappa shape index (κ2) is 15.0. The van der Waals surface area contributed by atoms with Gasteiger partial charge >= 0.3 is 0 Å². The zero-order chi connectivity index (χ0) is 18.7. The minimum absolute atomic E-state index is 0. The third kappa shape index (κ3) is 9.28. The largest absolute Gasteiger partial charge is 0.396 e. The van der Waals surface area contributed by atoms with Crippen LogP contribution < -0.4 is 5.32 Å². The molecule has 0 unspecified atom stereocenters. The molecule has 0 spiro atoms. The van der Waals surface area contributed by atoms with Crippen molar-refractivity contribution >= 4 is 12.4 Å². The zero-order valence-corrected chi connectivity index (χ0v) is 16.4. The Morgan fingerprint density at radius 2 is 1.27 bits per heavy atom. The third-order valence-corrected chi connectivity index (χ3v) is 5.13. The Labute approximate surface area is 162 Å². The van der Waals surface area contributed by atoms with Crippen LogP contribution in [-0.2, 0) is 0 Å². The summed E-state index contributed by atoms with van der Waals surface area (Å²) in [6.07, 6.45) is 5.63. The fourth-order valence-corrected chi connectivity index (χ4v) is 3.49. The van der Waals surface area contributed by atoms with Crippen LogP contribution in [0.3, 0.4) is 0 Å². The lowest BCUT2D eigenvalue weighted by Crippen LogP contribution is -2.44. The molecule has 0 aromatic heterocycles. The average Bonchev–Trinajstić information content (AvgIpc) is 2.90. The molecule has 0 radical (unpaired) electrons. The molecule has 0 bridgehead atoms. The second-order valence-corrected chi connectivity index (χ2v) is 7.25. The number of hydrogen-bond donors (Lipinski definition) is 7. The lowest BCUT2D eigenvalue weighted by atomic mass is 9.98. The van der Waals surface area contributed by atoms with Crippen molar-refractivity contribution in [1.29, 1.82) is 0 Å². The van der Waals surface area contributed by atoms with Crippen molar-refractivity contribution in [3.8, 4) is 0 Å². The third-order valence-electron chi connectivity index (χ3n) is 5.13. The molecule has 1 heterocycles. The van der Waals surface area contributed by atoms with Crippen LogP contribution in [0.4, 0.5) is 0 Å².